The lowest BCUT2D eigenvalue weighted by Crippen LogP contribution is -2.72. The Morgan fingerprint density at radius 2 is 0.753 bits per heavy atom. The predicted octanol–water partition coefficient (Wildman–Crippen LogP) is 16.9. The Labute approximate surface area is 449 Å². The van der Waals surface area contributed by atoms with Gasteiger partial charge < -0.3 is 9.47 Å². The maximum Gasteiger partial charge on any atom is 0.180 e. The van der Waals surface area contributed by atoms with Crippen molar-refractivity contribution in [2.75, 3.05) is 4.90 Å². The molecule has 2 nitrogen and oxygen atoms in total. The van der Waals surface area contributed by atoms with Gasteiger partial charge in [-0.2, -0.15) is 0 Å². The summed E-state index contributed by atoms with van der Waals surface area (Å²) in [4.78, 5) is 2.50. The molecule has 360 valence electrons. The van der Waals surface area contributed by atoms with E-state index in [4.69, 9.17) is 0 Å². The number of anilines is 3. The minimum absolute atomic E-state index is 1.07. The van der Waals surface area contributed by atoms with Gasteiger partial charge in [0.1, 0.15) is 0 Å². The first-order valence-corrected chi connectivity index (χ1v) is 28.6. The summed E-state index contributed by atoms with van der Waals surface area (Å²) < 4.78 is 2.45. The highest BCUT2D eigenvalue weighted by Gasteiger charge is 2.48. The zero-order chi connectivity index (χ0) is 50.9. The van der Waals surface area contributed by atoms with Gasteiger partial charge in [-0.1, -0.05) is 237 Å². The summed E-state index contributed by atoms with van der Waals surface area (Å²) >= 11 is 0. The van der Waals surface area contributed by atoms with Crippen molar-refractivity contribution in [1.29, 1.82) is 0 Å². The molecule has 0 aliphatic carbocycles. The summed E-state index contributed by atoms with van der Waals surface area (Å²) in [6, 6.07) is 113. The van der Waals surface area contributed by atoms with E-state index in [2.05, 4.69) is 313 Å². The second-order valence-corrected chi connectivity index (χ2v) is 24.1. The fourth-order valence-electron chi connectivity index (χ4n) is 12.7. The minimum atomic E-state index is -2.83. The van der Waals surface area contributed by atoms with Crippen LogP contribution in [0.4, 0.5) is 17.1 Å². The quantitative estimate of drug-likeness (QED) is 0.131. The van der Waals surface area contributed by atoms with Gasteiger partial charge in [-0.3, -0.25) is 0 Å². The van der Waals surface area contributed by atoms with Crippen molar-refractivity contribution in [3.63, 3.8) is 0 Å². The number of benzene rings is 13. The molecule has 14 aromatic rings. The maximum absolute atomic E-state index is 2.83. The van der Waals surface area contributed by atoms with Crippen LogP contribution in [0.2, 0.25) is 0 Å². The summed E-state index contributed by atoms with van der Waals surface area (Å²) in [5, 5.41) is 13.0. The van der Waals surface area contributed by atoms with E-state index in [1.165, 1.54) is 97.5 Å². The van der Waals surface area contributed by atoms with Crippen molar-refractivity contribution in [2.45, 2.75) is 0 Å². The van der Waals surface area contributed by atoms with E-state index in [-0.39, 0.29) is 0 Å². The van der Waals surface area contributed by atoms with Gasteiger partial charge in [-0.05, 0) is 148 Å². The second kappa shape index (κ2) is 18.2. The van der Waals surface area contributed by atoms with Crippen LogP contribution in [0, 0.1) is 0 Å². The van der Waals surface area contributed by atoms with Gasteiger partial charge in [0.25, 0.3) is 0 Å². The fraction of sp³-hybridized carbons (Fsp3) is 0. The van der Waals surface area contributed by atoms with Crippen molar-refractivity contribution < 1.29 is 0 Å². The highest BCUT2D eigenvalue weighted by Crippen LogP contribution is 2.47. The third kappa shape index (κ3) is 7.31. The molecule has 3 heteroatoms. The highest BCUT2D eigenvalue weighted by atomic mass is 28.3. The van der Waals surface area contributed by atoms with E-state index < -0.39 is 8.07 Å². The van der Waals surface area contributed by atoms with Crippen LogP contribution in [0.5, 0.6) is 0 Å². The zero-order valence-electron chi connectivity index (χ0n) is 42.3. The largest absolute Gasteiger partial charge is 0.310 e. The van der Waals surface area contributed by atoms with Gasteiger partial charge in [-0.25, -0.2) is 0 Å². The molecule has 13 aromatic carbocycles. The van der Waals surface area contributed by atoms with Crippen LogP contribution in [0.1, 0.15) is 0 Å². The molecule has 1 aromatic heterocycles. The van der Waals surface area contributed by atoms with E-state index >= 15 is 0 Å². The molecule has 0 spiro atoms. The molecule has 0 amide bonds. The van der Waals surface area contributed by atoms with Crippen LogP contribution in [0.3, 0.4) is 0 Å². The molecule has 2 heterocycles. The molecular formula is C74H50N2Si. The van der Waals surface area contributed by atoms with E-state index in [1.54, 1.807) is 0 Å². The maximum atomic E-state index is 2.58. The van der Waals surface area contributed by atoms with Gasteiger partial charge in [0, 0.05) is 33.4 Å². The molecule has 0 atom stereocenters. The number of hydrogen-bond donors (Lipinski definition) is 0. The Morgan fingerprint density at radius 3 is 1.36 bits per heavy atom. The summed E-state index contributed by atoms with van der Waals surface area (Å²) in [7, 11) is -2.83. The smallest absolute Gasteiger partial charge is 0.180 e. The van der Waals surface area contributed by atoms with E-state index in [0.717, 1.165) is 33.8 Å². The Kier molecular flexibility index (Phi) is 10.6. The van der Waals surface area contributed by atoms with E-state index in [9.17, 15) is 0 Å². The first-order valence-electron chi connectivity index (χ1n) is 26.6. The lowest BCUT2D eigenvalue weighted by molar-refractivity contribution is 1.18. The summed E-state index contributed by atoms with van der Waals surface area (Å²) in [5.41, 5.74) is 16.4. The Bertz CT molecular complexity index is 4380. The number of hydrogen-bond acceptors (Lipinski definition) is 1. The summed E-state index contributed by atoms with van der Waals surface area (Å²) in [6.07, 6.45) is 0. The SMILES string of the molecule is c1ccc(-n2c3ccccc3c3cc(-c4ccc5c(c4)[Si](c4ccccc4)(c4ccccc4)c4ccccc4-5)c(N(c4ccc(-c5ccc6ccccc6c5)cc4)c4ccc(-c5ccc6ccccc6c5)cc4)cc32)cc1. The van der Waals surface area contributed by atoms with Crippen molar-refractivity contribution in [3.8, 4) is 50.2 Å². The Morgan fingerprint density at radius 1 is 0.273 bits per heavy atom. The second-order valence-electron chi connectivity index (χ2n) is 20.4. The topological polar surface area (TPSA) is 8.17 Å². The fourth-order valence-corrected chi connectivity index (χ4v) is 17.9. The molecular weight excluding hydrogens is 945 g/mol. The van der Waals surface area contributed by atoms with Gasteiger partial charge in [0.05, 0.1) is 16.7 Å². The highest BCUT2D eigenvalue weighted by molar-refractivity contribution is 7.22. The van der Waals surface area contributed by atoms with Gasteiger partial charge in [-0.15, -0.1) is 0 Å². The van der Waals surface area contributed by atoms with E-state index in [0.29, 0.717) is 0 Å². The molecule has 0 saturated heterocycles. The predicted molar refractivity (Wildman–Crippen MR) is 329 cm³/mol. The summed E-state index contributed by atoms with van der Waals surface area (Å²) in [6.45, 7) is 0. The molecule has 1 aliphatic rings. The molecule has 1 aliphatic heterocycles. The normalized spacial score (nSPS) is 12.5. The van der Waals surface area contributed by atoms with Crippen LogP contribution in [0.25, 0.3) is 93.5 Å². The average molecular weight is 995 g/mol. The molecule has 0 bridgehead atoms. The average Bonchev–Trinajstić information content (AvgIpc) is 4.15. The molecule has 0 saturated carbocycles. The van der Waals surface area contributed by atoms with Crippen molar-refractivity contribution in [2.24, 2.45) is 0 Å². The van der Waals surface area contributed by atoms with E-state index in [1.807, 2.05) is 0 Å². The minimum Gasteiger partial charge on any atom is -0.310 e. The number of rotatable bonds is 9. The third-order valence-corrected chi connectivity index (χ3v) is 21.1. The van der Waals surface area contributed by atoms with Gasteiger partial charge in [0.2, 0.25) is 0 Å². The number of aromatic nitrogens is 1. The van der Waals surface area contributed by atoms with Crippen LogP contribution in [0.15, 0.2) is 303 Å². The lowest BCUT2D eigenvalue weighted by Gasteiger charge is -2.32. The van der Waals surface area contributed by atoms with Crippen LogP contribution in [-0.2, 0) is 0 Å². The summed E-state index contributed by atoms with van der Waals surface area (Å²) in [5.74, 6) is 0. The standard InChI is InChI=1S/C74H50N2Si/c1-4-22-60(23-5-1)76-70-30-16-14-28-65(70)69-49-68(59-40-45-67-66-29-15-17-31-73(66)77(74(67)48-59,63-24-6-2-7-25-63)64-26-8-3-9-27-64)71(50-72(69)76)75(61-41-36-53(37-42-61)57-34-32-51-18-10-12-20-55(51)46-57)62-43-38-54(39-44-62)58-35-33-52-19-11-13-21-56(52)47-58/h1-50H. The lowest BCUT2D eigenvalue weighted by atomic mass is 9.96. The third-order valence-electron chi connectivity index (χ3n) is 16.2. The van der Waals surface area contributed by atoms with Crippen molar-refractivity contribution in [1.82, 2.24) is 4.57 Å². The molecule has 0 fully saturated rings. The molecule has 0 radical (unpaired) electrons. The van der Waals surface area contributed by atoms with Gasteiger partial charge in [0.15, 0.2) is 8.07 Å². The van der Waals surface area contributed by atoms with Gasteiger partial charge >= 0.3 is 0 Å². The number of fused-ring (bicyclic) bond motifs is 8. The zero-order valence-corrected chi connectivity index (χ0v) is 43.3. The molecule has 15 rings (SSSR count). The molecule has 77 heavy (non-hydrogen) atoms. The monoisotopic (exact) mass is 994 g/mol. The van der Waals surface area contributed by atoms with Crippen LogP contribution in [-0.4, -0.2) is 12.6 Å². The molecule has 0 N–H and O–H groups in total. The molecule has 0 unspecified atom stereocenters. The van der Waals surface area contributed by atoms with Crippen molar-refractivity contribution in [3.05, 3.63) is 303 Å². The Hall–Kier alpha value is -9.80. The van der Waals surface area contributed by atoms with Crippen LogP contribution < -0.4 is 25.6 Å². The number of nitrogens with zero attached hydrogens (tertiary/aromatic N) is 2. The van der Waals surface area contributed by atoms with Crippen molar-refractivity contribution >= 4 is 89.2 Å². The first-order chi connectivity index (χ1) is 38.2. The van der Waals surface area contributed by atoms with Crippen LogP contribution >= 0.6 is 0 Å². The Balaban J connectivity index is 1.00. The number of para-hydroxylation sites is 2. The first kappa shape index (κ1) is 44.7.